The van der Waals surface area contributed by atoms with E-state index in [-0.39, 0.29) is 29.6 Å². The number of benzene rings is 2. The van der Waals surface area contributed by atoms with Crippen LogP contribution in [0, 0.1) is 11.6 Å². The molecule has 0 spiro atoms. The van der Waals surface area contributed by atoms with E-state index in [9.17, 15) is 18.4 Å². The lowest BCUT2D eigenvalue weighted by molar-refractivity contribution is 0.620. The standard InChI is InChI=1S/C21H16F2N4O2/c22-14-4-1-3-13(9-14)11-25-12-24-19-18(25)20(28)27(16-7-8-16)21(29)26(19)17-6-2-5-15(23)10-17/h1-6,9-10,12,16H,7-8,11H2. The number of imidazole rings is 1. The van der Waals surface area contributed by atoms with Crippen molar-refractivity contribution in [3.63, 3.8) is 0 Å². The molecule has 1 aliphatic carbocycles. The van der Waals surface area contributed by atoms with Crippen molar-refractivity contribution in [1.29, 1.82) is 0 Å². The summed E-state index contributed by atoms with van der Waals surface area (Å²) in [6.45, 7) is 0.218. The van der Waals surface area contributed by atoms with E-state index in [2.05, 4.69) is 4.98 Å². The van der Waals surface area contributed by atoms with Gasteiger partial charge in [0.15, 0.2) is 11.2 Å². The SMILES string of the molecule is O=c1c2c(ncn2Cc2cccc(F)c2)n(-c2cccc(F)c2)c(=O)n1C1CC1. The van der Waals surface area contributed by atoms with Gasteiger partial charge >= 0.3 is 5.69 Å². The van der Waals surface area contributed by atoms with Gasteiger partial charge in [-0.05, 0) is 48.7 Å². The zero-order chi connectivity index (χ0) is 20.1. The fraction of sp³-hybridized carbons (Fsp3) is 0.190. The predicted octanol–water partition coefficient (Wildman–Crippen LogP) is 3.01. The maximum Gasteiger partial charge on any atom is 0.337 e. The Hall–Kier alpha value is -3.55. The number of hydrogen-bond donors (Lipinski definition) is 0. The van der Waals surface area contributed by atoms with Crippen LogP contribution >= 0.6 is 0 Å². The van der Waals surface area contributed by atoms with Gasteiger partial charge in [0.25, 0.3) is 5.56 Å². The zero-order valence-corrected chi connectivity index (χ0v) is 15.3. The van der Waals surface area contributed by atoms with Gasteiger partial charge in [-0.2, -0.15) is 0 Å². The summed E-state index contributed by atoms with van der Waals surface area (Å²) >= 11 is 0. The lowest BCUT2D eigenvalue weighted by Crippen LogP contribution is -2.39. The van der Waals surface area contributed by atoms with Gasteiger partial charge in [0.05, 0.1) is 12.0 Å². The van der Waals surface area contributed by atoms with Crippen molar-refractivity contribution in [2.24, 2.45) is 0 Å². The number of rotatable bonds is 4. The van der Waals surface area contributed by atoms with Gasteiger partial charge < -0.3 is 4.57 Å². The monoisotopic (exact) mass is 394 g/mol. The number of halogens is 2. The molecule has 0 aliphatic heterocycles. The Bertz CT molecular complexity index is 1370. The highest BCUT2D eigenvalue weighted by molar-refractivity contribution is 5.72. The van der Waals surface area contributed by atoms with E-state index >= 15 is 0 Å². The first kappa shape index (κ1) is 17.5. The second kappa shape index (κ2) is 6.51. The van der Waals surface area contributed by atoms with Crippen LogP contribution in [-0.2, 0) is 6.54 Å². The summed E-state index contributed by atoms with van der Waals surface area (Å²) in [7, 11) is 0. The van der Waals surface area contributed by atoms with Crippen molar-refractivity contribution in [1.82, 2.24) is 18.7 Å². The molecule has 0 atom stereocenters. The topological polar surface area (TPSA) is 61.8 Å². The van der Waals surface area contributed by atoms with Gasteiger partial charge in [-0.25, -0.2) is 23.1 Å². The van der Waals surface area contributed by atoms with Crippen molar-refractivity contribution >= 4 is 11.2 Å². The van der Waals surface area contributed by atoms with E-state index in [0.717, 1.165) is 12.8 Å². The van der Waals surface area contributed by atoms with Gasteiger partial charge in [-0.1, -0.05) is 18.2 Å². The molecule has 1 saturated carbocycles. The fourth-order valence-corrected chi connectivity index (χ4v) is 3.61. The van der Waals surface area contributed by atoms with E-state index in [1.165, 1.54) is 45.8 Å². The first-order valence-electron chi connectivity index (χ1n) is 9.26. The van der Waals surface area contributed by atoms with Gasteiger partial charge in [0.1, 0.15) is 11.6 Å². The molecule has 1 aliphatic rings. The van der Waals surface area contributed by atoms with Crippen LogP contribution in [0.1, 0.15) is 24.4 Å². The first-order chi connectivity index (χ1) is 14.0. The Kier molecular flexibility index (Phi) is 3.94. The highest BCUT2D eigenvalue weighted by Crippen LogP contribution is 2.32. The average Bonchev–Trinajstić information content (AvgIpc) is 3.43. The van der Waals surface area contributed by atoms with Gasteiger partial charge in [-0.15, -0.1) is 0 Å². The van der Waals surface area contributed by atoms with Crippen LogP contribution in [0.5, 0.6) is 0 Å². The predicted molar refractivity (Wildman–Crippen MR) is 103 cm³/mol. The molecular formula is C21H16F2N4O2. The van der Waals surface area contributed by atoms with Crippen LogP contribution in [0.2, 0.25) is 0 Å². The van der Waals surface area contributed by atoms with Crippen molar-refractivity contribution in [2.45, 2.75) is 25.4 Å². The molecule has 2 aromatic carbocycles. The molecule has 0 bridgehead atoms. The largest absolute Gasteiger partial charge is 0.337 e. The molecule has 1 fully saturated rings. The third-order valence-electron chi connectivity index (χ3n) is 5.07. The quantitative estimate of drug-likeness (QED) is 0.535. The zero-order valence-electron chi connectivity index (χ0n) is 15.3. The smallest absolute Gasteiger partial charge is 0.320 e. The molecule has 0 radical (unpaired) electrons. The summed E-state index contributed by atoms with van der Waals surface area (Å²) in [6, 6.07) is 11.5. The summed E-state index contributed by atoms with van der Waals surface area (Å²) < 4.78 is 31.5. The summed E-state index contributed by atoms with van der Waals surface area (Å²) in [5, 5.41) is 0. The Morgan fingerprint density at radius 1 is 1.00 bits per heavy atom. The van der Waals surface area contributed by atoms with E-state index in [1.807, 2.05) is 0 Å². The van der Waals surface area contributed by atoms with Gasteiger partial charge in [0.2, 0.25) is 0 Å². The number of aromatic nitrogens is 4. The summed E-state index contributed by atoms with van der Waals surface area (Å²) in [4.78, 5) is 30.6. The molecule has 0 N–H and O–H groups in total. The third-order valence-corrected chi connectivity index (χ3v) is 5.07. The van der Waals surface area contributed by atoms with Crippen molar-refractivity contribution in [3.05, 3.63) is 92.9 Å². The lowest BCUT2D eigenvalue weighted by Gasteiger charge is -2.12. The van der Waals surface area contributed by atoms with Crippen molar-refractivity contribution in [2.75, 3.05) is 0 Å². The molecule has 0 amide bonds. The first-order valence-corrected chi connectivity index (χ1v) is 9.26. The molecule has 4 aromatic rings. The summed E-state index contributed by atoms with van der Waals surface area (Å²) in [5.74, 6) is -0.870. The van der Waals surface area contributed by atoms with Crippen LogP contribution < -0.4 is 11.2 Å². The number of hydrogen-bond acceptors (Lipinski definition) is 3. The van der Waals surface area contributed by atoms with Gasteiger partial charge in [-0.3, -0.25) is 9.36 Å². The molecule has 29 heavy (non-hydrogen) atoms. The summed E-state index contributed by atoms with van der Waals surface area (Å²) in [5.41, 5.74) is 0.361. The fourth-order valence-electron chi connectivity index (χ4n) is 3.61. The molecule has 6 nitrogen and oxygen atoms in total. The minimum absolute atomic E-state index is 0.152. The van der Waals surface area contributed by atoms with Crippen LogP contribution in [-0.4, -0.2) is 18.7 Å². The van der Waals surface area contributed by atoms with Crippen molar-refractivity contribution in [3.8, 4) is 5.69 Å². The second-order valence-corrected chi connectivity index (χ2v) is 7.18. The Labute approximate surface area is 163 Å². The highest BCUT2D eigenvalue weighted by atomic mass is 19.1. The maximum atomic E-state index is 13.8. The van der Waals surface area contributed by atoms with Crippen LogP contribution in [0.3, 0.4) is 0 Å². The van der Waals surface area contributed by atoms with E-state index < -0.39 is 17.1 Å². The summed E-state index contributed by atoms with van der Waals surface area (Å²) in [6.07, 6.45) is 2.92. The molecule has 8 heteroatoms. The van der Waals surface area contributed by atoms with Crippen molar-refractivity contribution < 1.29 is 8.78 Å². The Morgan fingerprint density at radius 3 is 2.41 bits per heavy atom. The Morgan fingerprint density at radius 2 is 1.72 bits per heavy atom. The van der Waals surface area contributed by atoms with Gasteiger partial charge in [0, 0.05) is 12.6 Å². The number of nitrogens with zero attached hydrogens (tertiary/aromatic N) is 4. The molecular weight excluding hydrogens is 378 g/mol. The molecule has 2 aromatic heterocycles. The van der Waals surface area contributed by atoms with Crippen LogP contribution in [0.4, 0.5) is 8.78 Å². The van der Waals surface area contributed by atoms with E-state index in [0.29, 0.717) is 11.3 Å². The van der Waals surface area contributed by atoms with E-state index in [1.54, 1.807) is 22.8 Å². The molecule has 146 valence electrons. The minimum Gasteiger partial charge on any atom is -0.320 e. The highest BCUT2D eigenvalue weighted by Gasteiger charge is 2.30. The van der Waals surface area contributed by atoms with Crippen LogP contribution in [0.15, 0.2) is 64.4 Å². The molecule has 0 unspecified atom stereocenters. The maximum absolute atomic E-state index is 13.8. The second-order valence-electron chi connectivity index (χ2n) is 7.18. The Balaban J connectivity index is 1.78. The molecule has 2 heterocycles. The van der Waals surface area contributed by atoms with E-state index in [4.69, 9.17) is 0 Å². The lowest BCUT2D eigenvalue weighted by atomic mass is 10.2. The normalized spacial score (nSPS) is 13.9. The average molecular weight is 394 g/mol. The van der Waals surface area contributed by atoms with Crippen LogP contribution in [0.25, 0.3) is 16.9 Å². The minimum atomic E-state index is -0.536. The molecule has 0 saturated heterocycles. The molecule has 5 rings (SSSR count). The number of fused-ring (bicyclic) bond motifs is 1. The third kappa shape index (κ3) is 2.97.